The van der Waals surface area contributed by atoms with Crippen LogP contribution in [-0.4, -0.2) is 57.0 Å². The van der Waals surface area contributed by atoms with Crippen LogP contribution in [0.4, 0.5) is 15.3 Å². The summed E-state index contributed by atoms with van der Waals surface area (Å²) in [5.41, 5.74) is 1.67. The van der Waals surface area contributed by atoms with Gasteiger partial charge >= 0.3 is 12.2 Å². The van der Waals surface area contributed by atoms with Gasteiger partial charge in [-0.3, -0.25) is 10.1 Å². The highest BCUT2D eigenvalue weighted by atomic mass is 16.6. The van der Waals surface area contributed by atoms with E-state index >= 15 is 0 Å². The first-order valence-corrected chi connectivity index (χ1v) is 12.1. The summed E-state index contributed by atoms with van der Waals surface area (Å²) in [4.78, 5) is 41.9. The number of unbranched alkanes of at least 4 members (excludes halogenated alkanes) is 1. The lowest BCUT2D eigenvalue weighted by atomic mass is 9.93. The maximum absolute atomic E-state index is 12.6. The minimum Gasteiger partial charge on any atom is -0.449 e. The van der Waals surface area contributed by atoms with Crippen molar-refractivity contribution in [3.8, 4) is 0 Å². The number of likely N-dealkylation sites (tertiary alicyclic amines) is 1. The molecule has 3 aromatic rings. The smallest absolute Gasteiger partial charge is 0.411 e. The molecule has 35 heavy (non-hydrogen) atoms. The van der Waals surface area contributed by atoms with Crippen LogP contribution in [0, 0.1) is 0 Å². The van der Waals surface area contributed by atoms with Gasteiger partial charge in [0.15, 0.2) is 0 Å². The van der Waals surface area contributed by atoms with Gasteiger partial charge in [0.25, 0.3) is 5.56 Å². The van der Waals surface area contributed by atoms with Crippen LogP contribution in [0.3, 0.4) is 0 Å². The van der Waals surface area contributed by atoms with Gasteiger partial charge in [0.05, 0.1) is 28.9 Å². The lowest BCUT2D eigenvalue weighted by Gasteiger charge is -2.33. The van der Waals surface area contributed by atoms with Crippen molar-refractivity contribution in [2.75, 3.05) is 25.0 Å². The second-order valence-electron chi connectivity index (χ2n) is 9.87. The fourth-order valence-electron chi connectivity index (χ4n) is 4.32. The number of anilines is 1. The van der Waals surface area contributed by atoms with E-state index in [1.54, 1.807) is 27.6 Å². The molecule has 0 unspecified atom stereocenters. The fraction of sp³-hybridized carbons (Fsp3) is 0.520. The number of carbonyl (C=O) groups excluding carboxylic acids is 2. The number of hydrogen-bond acceptors (Lipinski definition) is 6. The van der Waals surface area contributed by atoms with E-state index in [0.29, 0.717) is 54.8 Å². The molecular weight excluding hydrogens is 450 g/mol. The highest BCUT2D eigenvalue weighted by Gasteiger charge is 2.29. The molecule has 0 spiro atoms. The molecule has 1 aromatic carbocycles. The molecule has 0 saturated carbocycles. The molecule has 1 aliphatic rings. The van der Waals surface area contributed by atoms with Crippen molar-refractivity contribution in [1.82, 2.24) is 19.5 Å². The molecule has 4 rings (SSSR count). The Balaban J connectivity index is 1.61. The van der Waals surface area contributed by atoms with Crippen molar-refractivity contribution < 1.29 is 19.1 Å². The Bertz CT molecular complexity index is 1280. The van der Waals surface area contributed by atoms with Crippen LogP contribution in [0.2, 0.25) is 0 Å². The monoisotopic (exact) mass is 483 g/mol. The molecular formula is C25H33N5O5. The van der Waals surface area contributed by atoms with Gasteiger partial charge in [0, 0.05) is 25.1 Å². The van der Waals surface area contributed by atoms with Crippen LogP contribution in [0.25, 0.3) is 16.6 Å². The Morgan fingerprint density at radius 3 is 2.66 bits per heavy atom. The zero-order chi connectivity index (χ0) is 25.2. The Kier molecular flexibility index (Phi) is 7.00. The van der Waals surface area contributed by atoms with Gasteiger partial charge in [-0.25, -0.2) is 14.1 Å². The number of amides is 2. The van der Waals surface area contributed by atoms with Gasteiger partial charge in [-0.05, 0) is 52.2 Å². The van der Waals surface area contributed by atoms with E-state index in [1.165, 1.54) is 0 Å². The number of H-pyrrole nitrogens is 1. The van der Waals surface area contributed by atoms with Crippen LogP contribution >= 0.6 is 0 Å². The average molecular weight is 484 g/mol. The van der Waals surface area contributed by atoms with Crippen LogP contribution in [0.15, 0.2) is 29.1 Å². The van der Waals surface area contributed by atoms with E-state index in [2.05, 4.69) is 10.3 Å². The van der Waals surface area contributed by atoms with Crippen molar-refractivity contribution in [3.63, 3.8) is 0 Å². The molecule has 0 radical (unpaired) electrons. The minimum absolute atomic E-state index is 0.0446. The lowest BCUT2D eigenvalue weighted by Crippen LogP contribution is -2.41. The number of aromatic nitrogens is 3. The number of hydrogen-bond donors (Lipinski definition) is 2. The first kappa shape index (κ1) is 24.6. The summed E-state index contributed by atoms with van der Waals surface area (Å²) in [6.07, 6.45) is 2.22. The Morgan fingerprint density at radius 2 is 1.97 bits per heavy atom. The molecule has 0 atom stereocenters. The topological polar surface area (TPSA) is 118 Å². The zero-order valence-corrected chi connectivity index (χ0v) is 20.7. The van der Waals surface area contributed by atoms with Gasteiger partial charge in [-0.2, -0.15) is 5.10 Å². The number of rotatable bonds is 5. The molecule has 3 heterocycles. The Morgan fingerprint density at radius 1 is 1.23 bits per heavy atom. The van der Waals surface area contributed by atoms with Crippen LogP contribution < -0.4 is 10.9 Å². The van der Waals surface area contributed by atoms with Gasteiger partial charge in [0.1, 0.15) is 11.2 Å². The number of piperidine rings is 1. The van der Waals surface area contributed by atoms with E-state index < -0.39 is 11.7 Å². The quantitative estimate of drug-likeness (QED) is 0.511. The second kappa shape index (κ2) is 9.97. The summed E-state index contributed by atoms with van der Waals surface area (Å²) in [7, 11) is 0. The predicted molar refractivity (Wildman–Crippen MR) is 133 cm³/mol. The SMILES string of the molecule is CCCCOC(=O)Nc1cccc2nn3c(C4CCN(C(=O)OC(C)(C)C)CC4)cc(=O)[nH]c3c12. The van der Waals surface area contributed by atoms with E-state index in [4.69, 9.17) is 14.6 Å². The Hall–Kier alpha value is -3.56. The summed E-state index contributed by atoms with van der Waals surface area (Å²) in [6.45, 7) is 8.98. The van der Waals surface area contributed by atoms with Crippen molar-refractivity contribution in [2.45, 2.75) is 64.9 Å². The van der Waals surface area contributed by atoms with Crippen LogP contribution in [0.1, 0.15) is 65.0 Å². The standard InChI is InChI=1S/C25H33N5O5/c1-5-6-14-34-23(32)26-17-8-7-9-18-21(17)22-27-20(31)15-19(30(22)28-18)16-10-12-29(13-11-16)24(33)35-25(2,3)4/h7-9,15-16H,5-6,10-14H2,1-4H3,(H,26,32)(H,27,31). The van der Waals surface area contributed by atoms with E-state index in [9.17, 15) is 14.4 Å². The average Bonchev–Trinajstić information content (AvgIpc) is 3.17. The third-order valence-corrected chi connectivity index (χ3v) is 6.00. The summed E-state index contributed by atoms with van der Waals surface area (Å²) < 4.78 is 12.5. The maximum atomic E-state index is 12.6. The van der Waals surface area contributed by atoms with Crippen LogP contribution in [0.5, 0.6) is 0 Å². The van der Waals surface area contributed by atoms with Crippen molar-refractivity contribution >= 4 is 34.4 Å². The number of fused-ring (bicyclic) bond motifs is 3. The molecule has 2 amide bonds. The van der Waals surface area contributed by atoms with Crippen molar-refractivity contribution in [1.29, 1.82) is 0 Å². The summed E-state index contributed by atoms with van der Waals surface area (Å²) in [6, 6.07) is 6.96. The molecule has 1 fully saturated rings. The van der Waals surface area contributed by atoms with Gasteiger partial charge in [-0.1, -0.05) is 19.4 Å². The fourth-order valence-corrected chi connectivity index (χ4v) is 4.32. The number of benzene rings is 1. The Labute approximate surface area is 203 Å². The minimum atomic E-state index is -0.545. The molecule has 2 aromatic heterocycles. The highest BCUT2D eigenvalue weighted by Crippen LogP contribution is 2.32. The molecule has 1 saturated heterocycles. The van der Waals surface area contributed by atoms with Crippen LogP contribution in [-0.2, 0) is 9.47 Å². The number of nitrogens with one attached hydrogen (secondary N) is 2. The third kappa shape index (κ3) is 5.58. The van der Waals surface area contributed by atoms with E-state index in [-0.39, 0.29) is 17.6 Å². The highest BCUT2D eigenvalue weighted by molar-refractivity contribution is 6.06. The second-order valence-corrected chi connectivity index (χ2v) is 9.87. The molecule has 188 valence electrons. The normalized spacial score (nSPS) is 14.9. The number of ether oxygens (including phenoxy) is 2. The summed E-state index contributed by atoms with van der Waals surface area (Å²) in [5.74, 6) is 0.0446. The van der Waals surface area contributed by atoms with Gasteiger partial charge in [-0.15, -0.1) is 0 Å². The third-order valence-electron chi connectivity index (χ3n) is 6.00. The maximum Gasteiger partial charge on any atom is 0.411 e. The molecule has 0 aliphatic carbocycles. The van der Waals surface area contributed by atoms with E-state index in [0.717, 1.165) is 18.5 Å². The molecule has 0 bridgehead atoms. The largest absolute Gasteiger partial charge is 0.449 e. The van der Waals surface area contributed by atoms with Crippen molar-refractivity contribution in [2.24, 2.45) is 0 Å². The lowest BCUT2D eigenvalue weighted by molar-refractivity contribution is 0.0203. The molecule has 10 nitrogen and oxygen atoms in total. The summed E-state index contributed by atoms with van der Waals surface area (Å²) in [5, 5.41) is 8.15. The first-order valence-electron chi connectivity index (χ1n) is 12.1. The predicted octanol–water partition coefficient (Wildman–Crippen LogP) is 4.64. The molecule has 2 N–H and O–H groups in total. The number of aromatic amines is 1. The van der Waals surface area contributed by atoms with Gasteiger partial charge < -0.3 is 19.4 Å². The number of carbonyl (C=O) groups is 2. The molecule has 1 aliphatic heterocycles. The molecule has 10 heteroatoms. The zero-order valence-electron chi connectivity index (χ0n) is 20.7. The number of nitrogens with zero attached hydrogens (tertiary/aromatic N) is 3. The summed E-state index contributed by atoms with van der Waals surface area (Å²) >= 11 is 0. The first-order chi connectivity index (χ1) is 16.7. The van der Waals surface area contributed by atoms with Gasteiger partial charge in [0.2, 0.25) is 0 Å². The van der Waals surface area contributed by atoms with Crippen molar-refractivity contribution in [3.05, 3.63) is 40.3 Å². The van der Waals surface area contributed by atoms with E-state index in [1.807, 2.05) is 33.8 Å².